The summed E-state index contributed by atoms with van der Waals surface area (Å²) in [5, 5.41) is 20.2. The normalized spacial score (nSPS) is 11.9. The molecule has 0 aliphatic rings. The van der Waals surface area contributed by atoms with E-state index in [9.17, 15) is 14.5 Å². The van der Waals surface area contributed by atoms with E-state index in [2.05, 4.69) is 32.2 Å². The average molecular weight is 571 g/mol. The van der Waals surface area contributed by atoms with Crippen LogP contribution < -0.4 is 4.74 Å². The van der Waals surface area contributed by atoms with Gasteiger partial charge in [-0.15, -0.1) is 10.2 Å². The van der Waals surface area contributed by atoms with Crippen molar-refractivity contribution >= 4 is 27.7 Å². The zero-order valence-electron chi connectivity index (χ0n) is 19.9. The maximum Gasteiger partial charge on any atom is 0.220 e. The molecule has 0 unspecified atom stereocenters. The van der Waals surface area contributed by atoms with Crippen LogP contribution in [0.3, 0.4) is 0 Å². The molecule has 0 radical (unpaired) electrons. The van der Waals surface area contributed by atoms with E-state index >= 15 is 0 Å². The number of benzene rings is 3. The lowest BCUT2D eigenvalue weighted by atomic mass is 10.1. The second kappa shape index (κ2) is 11.2. The predicted octanol–water partition coefficient (Wildman–Crippen LogP) is 6.78. The van der Waals surface area contributed by atoms with Gasteiger partial charge < -0.3 is 4.74 Å². The fraction of sp³-hybridized carbons (Fsp3) is 0.231. The summed E-state index contributed by atoms with van der Waals surface area (Å²) >= 11 is 4.82. The molecule has 0 saturated heterocycles. The molecule has 4 rings (SSSR count). The van der Waals surface area contributed by atoms with Gasteiger partial charge in [-0.25, -0.2) is 4.39 Å². The highest BCUT2D eigenvalue weighted by atomic mass is 79.9. The van der Waals surface area contributed by atoms with E-state index in [0.717, 1.165) is 22.4 Å². The Morgan fingerprint density at radius 3 is 2.47 bits per heavy atom. The van der Waals surface area contributed by atoms with Gasteiger partial charge in [-0.2, -0.15) is 0 Å². The average Bonchev–Trinajstić information content (AvgIpc) is 3.20. The molecule has 0 aliphatic carbocycles. The molecule has 3 aromatic carbocycles. The molecule has 186 valence electrons. The van der Waals surface area contributed by atoms with Crippen molar-refractivity contribution in [2.75, 3.05) is 6.54 Å². The van der Waals surface area contributed by atoms with Crippen LogP contribution in [0.1, 0.15) is 33.3 Å². The molecular weight excluding hydrogens is 547 g/mol. The molecule has 10 heteroatoms. The van der Waals surface area contributed by atoms with Crippen LogP contribution in [-0.2, 0) is 6.61 Å². The van der Waals surface area contributed by atoms with Crippen LogP contribution in [0.2, 0.25) is 0 Å². The van der Waals surface area contributed by atoms with E-state index in [1.807, 2.05) is 49.6 Å². The molecule has 36 heavy (non-hydrogen) atoms. The van der Waals surface area contributed by atoms with Crippen LogP contribution in [0.5, 0.6) is 5.75 Å². The molecule has 1 heterocycles. The summed E-state index contributed by atoms with van der Waals surface area (Å²) in [5.41, 5.74) is 4.81. The number of hydrogen-bond donors (Lipinski definition) is 0. The standard InChI is InChI=1S/C26H24BrFN4O3S/c1-16-4-10-22(12-17(16)2)32-18(3)29-30-26(32)36-25(14-31(33)34)20-7-11-24(23(27)13-20)35-15-19-5-8-21(28)9-6-19/h4-13,25H,14-15H2,1-3H3/t25-/m0/s1. The minimum absolute atomic E-state index is 0.268. The predicted molar refractivity (Wildman–Crippen MR) is 141 cm³/mol. The summed E-state index contributed by atoms with van der Waals surface area (Å²) in [6.07, 6.45) is 0. The summed E-state index contributed by atoms with van der Waals surface area (Å²) < 4.78 is 21.6. The monoisotopic (exact) mass is 570 g/mol. The Morgan fingerprint density at radius 1 is 1.06 bits per heavy atom. The number of nitrogens with zero attached hydrogens (tertiary/aromatic N) is 4. The number of aryl methyl sites for hydroxylation is 3. The molecule has 0 bridgehead atoms. The quantitative estimate of drug-likeness (QED) is 0.125. The first-order valence-corrected chi connectivity index (χ1v) is 12.8. The number of nitro groups is 1. The molecule has 0 N–H and O–H groups in total. The second-order valence-corrected chi connectivity index (χ2v) is 10.4. The van der Waals surface area contributed by atoms with Gasteiger partial charge in [-0.3, -0.25) is 14.7 Å². The number of rotatable bonds is 9. The summed E-state index contributed by atoms with van der Waals surface area (Å²) in [6.45, 7) is 5.93. The number of hydrogen-bond acceptors (Lipinski definition) is 6. The summed E-state index contributed by atoms with van der Waals surface area (Å²) in [4.78, 5) is 11.2. The van der Waals surface area contributed by atoms with Crippen molar-refractivity contribution in [2.24, 2.45) is 0 Å². The Balaban J connectivity index is 1.58. The van der Waals surface area contributed by atoms with Gasteiger partial charge in [0.05, 0.1) is 4.47 Å². The molecule has 0 spiro atoms. The van der Waals surface area contributed by atoms with Gasteiger partial charge in [0.1, 0.15) is 29.2 Å². The van der Waals surface area contributed by atoms with Crippen LogP contribution in [-0.4, -0.2) is 26.2 Å². The van der Waals surface area contributed by atoms with Gasteiger partial charge in [0.25, 0.3) is 0 Å². The molecular formula is C26H24BrFN4O3S. The van der Waals surface area contributed by atoms with Crippen molar-refractivity contribution in [1.82, 2.24) is 14.8 Å². The van der Waals surface area contributed by atoms with Crippen molar-refractivity contribution in [2.45, 2.75) is 37.8 Å². The molecule has 1 atom stereocenters. The summed E-state index contributed by atoms with van der Waals surface area (Å²) in [5.74, 6) is 0.982. The maximum absolute atomic E-state index is 13.1. The zero-order chi connectivity index (χ0) is 25.8. The molecule has 0 saturated carbocycles. The molecule has 0 amide bonds. The topological polar surface area (TPSA) is 83.1 Å². The number of halogens is 2. The Hall–Kier alpha value is -3.24. The minimum Gasteiger partial charge on any atom is -0.488 e. The van der Waals surface area contributed by atoms with Crippen LogP contribution in [0.15, 0.2) is 70.3 Å². The fourth-order valence-corrected chi connectivity index (χ4v) is 5.31. The molecule has 0 fully saturated rings. The van der Waals surface area contributed by atoms with Gasteiger partial charge in [0.2, 0.25) is 6.54 Å². The zero-order valence-corrected chi connectivity index (χ0v) is 22.3. The van der Waals surface area contributed by atoms with E-state index in [0.29, 0.717) is 21.2 Å². The maximum atomic E-state index is 13.1. The van der Waals surface area contributed by atoms with E-state index in [1.54, 1.807) is 18.2 Å². The SMILES string of the molecule is Cc1ccc(-n2c(C)nnc2S[C@@H](C[N+](=O)[O-])c2ccc(OCc3ccc(F)cc3)c(Br)c2)cc1C. The first-order valence-electron chi connectivity index (χ1n) is 11.2. The molecule has 4 aromatic rings. The van der Waals surface area contributed by atoms with Gasteiger partial charge in [0.15, 0.2) is 5.16 Å². The molecule has 7 nitrogen and oxygen atoms in total. The van der Waals surface area contributed by atoms with E-state index in [1.165, 1.54) is 29.5 Å². The van der Waals surface area contributed by atoms with Crippen LogP contribution in [0.4, 0.5) is 4.39 Å². The second-order valence-electron chi connectivity index (χ2n) is 8.36. The van der Waals surface area contributed by atoms with Crippen molar-refractivity contribution < 1.29 is 14.1 Å². The Bertz CT molecular complexity index is 1390. The number of ether oxygens (including phenoxy) is 1. The highest BCUT2D eigenvalue weighted by molar-refractivity contribution is 9.10. The van der Waals surface area contributed by atoms with Crippen LogP contribution in [0.25, 0.3) is 5.69 Å². The Morgan fingerprint density at radius 2 is 1.81 bits per heavy atom. The van der Waals surface area contributed by atoms with Crippen LogP contribution >= 0.6 is 27.7 Å². The summed E-state index contributed by atoms with van der Waals surface area (Å²) in [6, 6.07) is 17.6. The molecule has 0 aliphatic heterocycles. The third-order valence-corrected chi connectivity index (χ3v) is 7.54. The Labute approximate surface area is 221 Å². The van der Waals surface area contributed by atoms with Gasteiger partial charge >= 0.3 is 0 Å². The van der Waals surface area contributed by atoms with Gasteiger partial charge in [-0.05, 0) is 95.4 Å². The Kier molecular flexibility index (Phi) is 8.05. The lowest BCUT2D eigenvalue weighted by molar-refractivity contribution is -0.479. The van der Waals surface area contributed by atoms with Gasteiger partial charge in [-0.1, -0.05) is 36.0 Å². The van der Waals surface area contributed by atoms with E-state index in [4.69, 9.17) is 4.74 Å². The minimum atomic E-state index is -0.503. The summed E-state index contributed by atoms with van der Waals surface area (Å²) in [7, 11) is 0. The largest absolute Gasteiger partial charge is 0.488 e. The third kappa shape index (κ3) is 6.11. The van der Waals surface area contributed by atoms with Crippen LogP contribution in [0, 0.1) is 36.7 Å². The first kappa shape index (κ1) is 25.8. The van der Waals surface area contributed by atoms with Crippen molar-refractivity contribution in [1.29, 1.82) is 0 Å². The van der Waals surface area contributed by atoms with Crippen molar-refractivity contribution in [3.05, 3.63) is 109 Å². The molecule has 1 aromatic heterocycles. The lowest BCUT2D eigenvalue weighted by Crippen LogP contribution is -2.11. The number of aromatic nitrogens is 3. The lowest BCUT2D eigenvalue weighted by Gasteiger charge is -2.16. The smallest absolute Gasteiger partial charge is 0.220 e. The highest BCUT2D eigenvalue weighted by Gasteiger charge is 2.24. The van der Waals surface area contributed by atoms with Crippen molar-refractivity contribution in [3.63, 3.8) is 0 Å². The van der Waals surface area contributed by atoms with E-state index in [-0.39, 0.29) is 23.9 Å². The highest BCUT2D eigenvalue weighted by Crippen LogP contribution is 2.39. The third-order valence-electron chi connectivity index (χ3n) is 5.74. The fourth-order valence-electron chi connectivity index (χ4n) is 3.63. The van der Waals surface area contributed by atoms with Gasteiger partial charge in [0, 0.05) is 10.6 Å². The van der Waals surface area contributed by atoms with Crippen molar-refractivity contribution in [3.8, 4) is 11.4 Å². The number of thioether (sulfide) groups is 1. The van der Waals surface area contributed by atoms with E-state index < -0.39 is 5.25 Å². The first-order chi connectivity index (χ1) is 17.2.